The Morgan fingerprint density at radius 3 is 2.73 bits per heavy atom. The Balaban J connectivity index is 1.13. The van der Waals surface area contributed by atoms with Crippen LogP contribution in [0.4, 0.5) is 0 Å². The minimum atomic E-state index is -0.0575. The van der Waals surface area contributed by atoms with E-state index in [9.17, 15) is 4.79 Å². The molecule has 0 saturated carbocycles. The van der Waals surface area contributed by atoms with Crippen molar-refractivity contribution in [3.05, 3.63) is 75.8 Å². The zero-order valence-corrected chi connectivity index (χ0v) is 19.7. The monoisotopic (exact) mass is 476 g/mol. The lowest BCUT2D eigenvalue weighted by atomic mass is 9.97. The second-order valence-corrected chi connectivity index (χ2v) is 10.6. The summed E-state index contributed by atoms with van der Waals surface area (Å²) in [4.78, 5) is 21.6. The first-order valence-corrected chi connectivity index (χ1v) is 13.0. The highest BCUT2D eigenvalue weighted by Gasteiger charge is 2.35. The molecule has 5 heterocycles. The number of hydrogen-bond donors (Lipinski definition) is 0. The van der Waals surface area contributed by atoms with E-state index >= 15 is 0 Å². The number of rotatable bonds is 5. The first-order valence-electron chi connectivity index (χ1n) is 11.3. The molecule has 168 valence electrons. The van der Waals surface area contributed by atoms with Gasteiger partial charge in [0.1, 0.15) is 11.5 Å². The number of benzene rings is 1. The van der Waals surface area contributed by atoms with Gasteiger partial charge >= 0.3 is 0 Å². The van der Waals surface area contributed by atoms with Crippen LogP contribution >= 0.6 is 22.7 Å². The number of thiophene rings is 1. The zero-order valence-electron chi connectivity index (χ0n) is 18.1. The van der Waals surface area contributed by atoms with Crippen LogP contribution in [0, 0.1) is 0 Å². The molecule has 1 amide bonds. The predicted molar refractivity (Wildman–Crippen MR) is 132 cm³/mol. The SMILES string of the molecule is O=C(CN1CCC(c2nc3ccccc3s2)CC1)N1N=C(c2ccco2)CC1c1cccs1. The summed E-state index contributed by atoms with van der Waals surface area (Å²) in [6, 6.07) is 16.2. The van der Waals surface area contributed by atoms with Crippen LogP contribution in [-0.4, -0.2) is 46.1 Å². The number of fused-ring (bicyclic) bond motifs is 1. The largest absolute Gasteiger partial charge is 0.463 e. The van der Waals surface area contributed by atoms with Gasteiger partial charge in [-0.3, -0.25) is 9.69 Å². The van der Waals surface area contributed by atoms with Gasteiger partial charge in [0.25, 0.3) is 5.91 Å². The second-order valence-electron chi connectivity index (χ2n) is 8.57. The fraction of sp³-hybridized carbons (Fsp3) is 0.320. The smallest absolute Gasteiger partial charge is 0.257 e. The van der Waals surface area contributed by atoms with E-state index in [2.05, 4.69) is 34.5 Å². The van der Waals surface area contributed by atoms with Gasteiger partial charge in [0.2, 0.25) is 0 Å². The lowest BCUT2D eigenvalue weighted by Gasteiger charge is -2.32. The third-order valence-corrected chi connectivity index (χ3v) is 8.62. The van der Waals surface area contributed by atoms with Gasteiger partial charge in [-0.15, -0.1) is 22.7 Å². The second kappa shape index (κ2) is 8.85. The lowest BCUT2D eigenvalue weighted by molar-refractivity contribution is -0.134. The highest BCUT2D eigenvalue weighted by atomic mass is 32.1. The molecule has 8 heteroatoms. The average molecular weight is 477 g/mol. The van der Waals surface area contributed by atoms with Crippen molar-refractivity contribution in [2.75, 3.05) is 19.6 Å². The van der Waals surface area contributed by atoms with E-state index in [1.807, 2.05) is 24.3 Å². The molecule has 0 bridgehead atoms. The van der Waals surface area contributed by atoms with Crippen LogP contribution in [0.5, 0.6) is 0 Å². The molecule has 0 spiro atoms. The summed E-state index contributed by atoms with van der Waals surface area (Å²) in [5, 5.41) is 9.66. The topological polar surface area (TPSA) is 61.9 Å². The summed E-state index contributed by atoms with van der Waals surface area (Å²) in [5.74, 6) is 1.26. The van der Waals surface area contributed by atoms with E-state index in [0.717, 1.165) is 47.8 Å². The molecule has 2 aliphatic heterocycles. The summed E-state index contributed by atoms with van der Waals surface area (Å²) < 4.78 is 6.81. The number of furan rings is 1. The third-order valence-electron chi connectivity index (χ3n) is 6.45. The summed E-state index contributed by atoms with van der Waals surface area (Å²) in [7, 11) is 0. The number of carbonyl (C=O) groups is 1. The van der Waals surface area contributed by atoms with Crippen LogP contribution < -0.4 is 0 Å². The van der Waals surface area contributed by atoms with Crippen molar-refractivity contribution < 1.29 is 9.21 Å². The number of amides is 1. The number of aromatic nitrogens is 1. The van der Waals surface area contributed by atoms with E-state index in [0.29, 0.717) is 18.9 Å². The normalized spacial score (nSPS) is 19.9. The van der Waals surface area contributed by atoms with E-state index in [1.54, 1.807) is 33.9 Å². The fourth-order valence-corrected chi connectivity index (χ4v) is 6.65. The number of hydrazone groups is 1. The molecular weight excluding hydrogens is 452 g/mol. The van der Waals surface area contributed by atoms with Crippen LogP contribution in [0.1, 0.15) is 46.9 Å². The quantitative estimate of drug-likeness (QED) is 0.381. The maximum absolute atomic E-state index is 13.3. The molecule has 6 nitrogen and oxygen atoms in total. The summed E-state index contributed by atoms with van der Waals surface area (Å²) in [6.07, 6.45) is 4.39. The van der Waals surface area contributed by atoms with Crippen molar-refractivity contribution in [3.63, 3.8) is 0 Å². The number of hydrogen-bond acceptors (Lipinski definition) is 7. The molecular formula is C25H24N4O2S2. The van der Waals surface area contributed by atoms with Gasteiger partial charge in [0.05, 0.1) is 34.1 Å². The molecule has 1 unspecified atom stereocenters. The number of nitrogens with zero attached hydrogens (tertiary/aromatic N) is 4. The molecule has 33 heavy (non-hydrogen) atoms. The van der Waals surface area contributed by atoms with Gasteiger partial charge in [-0.2, -0.15) is 5.10 Å². The fourth-order valence-electron chi connectivity index (χ4n) is 4.70. The zero-order chi connectivity index (χ0) is 22.2. The predicted octanol–water partition coefficient (Wildman–Crippen LogP) is 5.51. The van der Waals surface area contributed by atoms with Crippen molar-refractivity contribution >= 4 is 44.5 Å². The third kappa shape index (κ3) is 4.14. The van der Waals surface area contributed by atoms with Crippen LogP contribution in [0.3, 0.4) is 0 Å². The number of piperidine rings is 1. The molecule has 3 aromatic heterocycles. The standard InChI is InChI=1S/C25H24N4O2S2/c30-24(29-20(23-8-4-14-32-23)15-19(27-29)21-6-3-13-31-21)16-28-11-9-17(10-12-28)25-26-18-5-1-2-7-22(18)33-25/h1-8,13-14,17,20H,9-12,15-16H2. The summed E-state index contributed by atoms with van der Waals surface area (Å²) in [5.41, 5.74) is 1.93. The summed E-state index contributed by atoms with van der Waals surface area (Å²) >= 11 is 3.48. The Morgan fingerprint density at radius 1 is 1.09 bits per heavy atom. The number of thiazole rings is 1. The van der Waals surface area contributed by atoms with Crippen molar-refractivity contribution in [1.29, 1.82) is 0 Å². The Hall–Kier alpha value is -2.81. The first-order chi connectivity index (χ1) is 16.2. The van der Waals surface area contributed by atoms with E-state index in [1.165, 1.54) is 9.71 Å². The first kappa shape index (κ1) is 20.8. The Bertz CT molecular complexity index is 1240. The van der Waals surface area contributed by atoms with Crippen molar-refractivity contribution in [2.24, 2.45) is 5.10 Å². The van der Waals surface area contributed by atoms with E-state index in [-0.39, 0.29) is 11.9 Å². The molecule has 1 aromatic carbocycles. The minimum absolute atomic E-state index is 0.0494. The number of likely N-dealkylation sites (tertiary alicyclic amines) is 1. The molecule has 2 aliphatic rings. The highest BCUT2D eigenvalue weighted by molar-refractivity contribution is 7.18. The van der Waals surface area contributed by atoms with Crippen molar-refractivity contribution in [3.8, 4) is 0 Å². The van der Waals surface area contributed by atoms with Gasteiger partial charge in [-0.1, -0.05) is 18.2 Å². The maximum Gasteiger partial charge on any atom is 0.257 e. The van der Waals surface area contributed by atoms with E-state index in [4.69, 9.17) is 14.5 Å². The van der Waals surface area contributed by atoms with Crippen LogP contribution in [0.25, 0.3) is 10.2 Å². The van der Waals surface area contributed by atoms with Crippen LogP contribution in [-0.2, 0) is 4.79 Å². The number of carbonyl (C=O) groups excluding carboxylic acids is 1. The summed E-state index contributed by atoms with van der Waals surface area (Å²) in [6.45, 7) is 2.20. The van der Waals surface area contributed by atoms with Gasteiger partial charge < -0.3 is 4.42 Å². The van der Waals surface area contributed by atoms with Crippen molar-refractivity contribution in [2.45, 2.75) is 31.2 Å². The molecule has 1 atom stereocenters. The molecule has 4 aromatic rings. The number of para-hydroxylation sites is 1. The molecule has 0 radical (unpaired) electrons. The van der Waals surface area contributed by atoms with Crippen LogP contribution in [0.15, 0.2) is 69.7 Å². The molecule has 0 N–H and O–H groups in total. The highest BCUT2D eigenvalue weighted by Crippen LogP contribution is 2.36. The molecule has 0 aliphatic carbocycles. The maximum atomic E-state index is 13.3. The minimum Gasteiger partial charge on any atom is -0.463 e. The molecule has 6 rings (SSSR count). The average Bonchev–Trinajstić information content (AvgIpc) is 3.64. The van der Waals surface area contributed by atoms with Gasteiger partial charge in [-0.25, -0.2) is 9.99 Å². The van der Waals surface area contributed by atoms with Gasteiger partial charge in [-0.05, 0) is 61.6 Å². The van der Waals surface area contributed by atoms with Gasteiger partial charge in [0, 0.05) is 17.2 Å². The lowest BCUT2D eigenvalue weighted by Crippen LogP contribution is -2.41. The van der Waals surface area contributed by atoms with Crippen LogP contribution in [0.2, 0.25) is 0 Å². The van der Waals surface area contributed by atoms with Gasteiger partial charge in [0.15, 0.2) is 0 Å². The van der Waals surface area contributed by atoms with E-state index < -0.39 is 0 Å². The van der Waals surface area contributed by atoms with Crippen molar-refractivity contribution in [1.82, 2.24) is 14.9 Å². The Kier molecular flexibility index (Phi) is 5.57. The Morgan fingerprint density at radius 2 is 1.97 bits per heavy atom. The molecule has 1 fully saturated rings. The molecule has 1 saturated heterocycles. The Labute approximate surface area is 200 Å².